The smallest absolute Gasteiger partial charge is 0.338 e. The molecule has 2 heterocycles. The summed E-state index contributed by atoms with van der Waals surface area (Å²) >= 11 is 1.60. The van der Waals surface area contributed by atoms with E-state index in [1.807, 2.05) is 19.1 Å². The van der Waals surface area contributed by atoms with E-state index in [9.17, 15) is 14.7 Å². The highest BCUT2D eigenvalue weighted by Gasteiger charge is 2.21. The van der Waals surface area contributed by atoms with Crippen LogP contribution in [-0.4, -0.2) is 33.3 Å². The molecular weight excluding hydrogens is 314 g/mol. The Morgan fingerprint density at radius 2 is 2.13 bits per heavy atom. The van der Waals surface area contributed by atoms with Crippen molar-refractivity contribution < 1.29 is 9.90 Å². The van der Waals surface area contributed by atoms with E-state index in [-0.39, 0.29) is 11.1 Å². The molecule has 5 N–H and O–H groups in total. The standard InChI is InChI=1S/C16H17N3O3S/c1-2-10-13(16(21)22)12-9-7-8(23-6-5-17)3-4-11(9)19-15(20)14(12)18-10/h3-4,7,18H,2,5-6,17H2,1H3,(H,19,20)(H,21,22). The van der Waals surface area contributed by atoms with Crippen LogP contribution in [0.15, 0.2) is 27.9 Å². The average Bonchev–Trinajstić information content (AvgIpc) is 2.94. The lowest BCUT2D eigenvalue weighted by atomic mass is 10.1. The SMILES string of the molecule is CCc1[nH]c2c(=O)[nH]c3ccc(SCCN)cc3c2c1C(=O)O. The number of nitrogens with one attached hydrogen (secondary N) is 2. The summed E-state index contributed by atoms with van der Waals surface area (Å²) in [6, 6.07) is 5.62. The van der Waals surface area contributed by atoms with Gasteiger partial charge in [-0.1, -0.05) is 6.92 Å². The number of carbonyl (C=O) groups is 1. The topological polar surface area (TPSA) is 112 Å². The minimum atomic E-state index is -1.03. The van der Waals surface area contributed by atoms with E-state index in [1.54, 1.807) is 17.8 Å². The van der Waals surface area contributed by atoms with Gasteiger partial charge in [0.1, 0.15) is 5.52 Å². The number of H-pyrrole nitrogens is 2. The maximum atomic E-state index is 12.3. The highest BCUT2D eigenvalue weighted by atomic mass is 32.2. The van der Waals surface area contributed by atoms with Gasteiger partial charge >= 0.3 is 5.97 Å². The lowest BCUT2D eigenvalue weighted by Gasteiger charge is -2.05. The molecule has 0 aliphatic carbocycles. The minimum absolute atomic E-state index is 0.180. The molecule has 0 radical (unpaired) electrons. The summed E-state index contributed by atoms with van der Waals surface area (Å²) in [6.45, 7) is 2.42. The molecule has 0 bridgehead atoms. The Hall–Kier alpha value is -2.25. The van der Waals surface area contributed by atoms with E-state index >= 15 is 0 Å². The first-order valence-corrected chi connectivity index (χ1v) is 8.32. The molecule has 6 nitrogen and oxygen atoms in total. The number of benzene rings is 1. The van der Waals surface area contributed by atoms with E-state index in [2.05, 4.69) is 9.97 Å². The Morgan fingerprint density at radius 1 is 1.35 bits per heavy atom. The van der Waals surface area contributed by atoms with Gasteiger partial charge in [0.05, 0.1) is 5.56 Å². The number of aromatic amines is 2. The fourth-order valence-corrected chi connectivity index (χ4v) is 3.50. The molecule has 1 aromatic carbocycles. The van der Waals surface area contributed by atoms with Crippen molar-refractivity contribution in [1.29, 1.82) is 0 Å². The van der Waals surface area contributed by atoms with Crippen molar-refractivity contribution in [2.45, 2.75) is 18.2 Å². The molecular formula is C16H17N3O3S. The Balaban J connectivity index is 2.40. The molecule has 3 aromatic rings. The molecule has 7 heteroatoms. The van der Waals surface area contributed by atoms with Crippen molar-refractivity contribution in [1.82, 2.24) is 9.97 Å². The molecule has 0 saturated carbocycles. The first-order chi connectivity index (χ1) is 11.1. The molecule has 0 aliphatic rings. The van der Waals surface area contributed by atoms with E-state index < -0.39 is 5.97 Å². The summed E-state index contributed by atoms with van der Waals surface area (Å²) in [5.41, 5.74) is 6.91. The van der Waals surface area contributed by atoms with Crippen LogP contribution in [0.3, 0.4) is 0 Å². The lowest BCUT2D eigenvalue weighted by Crippen LogP contribution is -2.07. The summed E-state index contributed by atoms with van der Waals surface area (Å²) in [7, 11) is 0. The Kier molecular flexibility index (Phi) is 4.14. The molecule has 0 unspecified atom stereocenters. The largest absolute Gasteiger partial charge is 0.478 e. The van der Waals surface area contributed by atoms with Crippen LogP contribution in [0.1, 0.15) is 23.0 Å². The summed E-state index contributed by atoms with van der Waals surface area (Å²) in [4.78, 5) is 30.7. The monoisotopic (exact) mass is 331 g/mol. The van der Waals surface area contributed by atoms with Gasteiger partial charge in [0.15, 0.2) is 0 Å². The fraction of sp³-hybridized carbons (Fsp3) is 0.250. The third-order valence-electron chi connectivity index (χ3n) is 3.77. The van der Waals surface area contributed by atoms with E-state index in [4.69, 9.17) is 5.73 Å². The summed E-state index contributed by atoms with van der Waals surface area (Å²) in [5.74, 6) is -0.253. The lowest BCUT2D eigenvalue weighted by molar-refractivity contribution is 0.0698. The number of thioether (sulfide) groups is 1. The second-order valence-electron chi connectivity index (χ2n) is 5.19. The van der Waals surface area contributed by atoms with Gasteiger partial charge in [0.2, 0.25) is 0 Å². The first kappa shape index (κ1) is 15.6. The van der Waals surface area contributed by atoms with Gasteiger partial charge in [-0.15, -0.1) is 11.8 Å². The van der Waals surface area contributed by atoms with Gasteiger partial charge < -0.3 is 20.8 Å². The number of pyridine rings is 1. The fourth-order valence-electron chi connectivity index (χ4n) is 2.78. The van der Waals surface area contributed by atoms with Gasteiger partial charge in [-0.2, -0.15) is 0 Å². The number of fused-ring (bicyclic) bond motifs is 3. The van der Waals surface area contributed by atoms with Crippen LogP contribution < -0.4 is 11.3 Å². The molecule has 3 rings (SSSR count). The highest BCUT2D eigenvalue weighted by molar-refractivity contribution is 7.99. The van der Waals surface area contributed by atoms with E-state index in [0.717, 1.165) is 16.0 Å². The Labute approximate surface area is 136 Å². The van der Waals surface area contributed by atoms with Crippen LogP contribution in [0.2, 0.25) is 0 Å². The van der Waals surface area contributed by atoms with Gasteiger partial charge in [-0.3, -0.25) is 4.79 Å². The molecule has 0 saturated heterocycles. The number of aromatic carboxylic acids is 1. The summed E-state index contributed by atoms with van der Waals surface area (Å²) < 4.78 is 0. The van der Waals surface area contributed by atoms with Crippen molar-refractivity contribution in [3.05, 3.63) is 39.8 Å². The van der Waals surface area contributed by atoms with Gasteiger partial charge in [-0.25, -0.2) is 4.79 Å². The summed E-state index contributed by atoms with van der Waals surface area (Å²) in [5, 5.41) is 10.8. The maximum Gasteiger partial charge on any atom is 0.338 e. The predicted molar refractivity (Wildman–Crippen MR) is 92.5 cm³/mol. The number of hydrogen-bond donors (Lipinski definition) is 4. The second kappa shape index (κ2) is 6.10. The van der Waals surface area contributed by atoms with Crippen LogP contribution in [0.4, 0.5) is 0 Å². The molecule has 0 spiro atoms. The van der Waals surface area contributed by atoms with Crippen molar-refractivity contribution in [2.75, 3.05) is 12.3 Å². The summed E-state index contributed by atoms with van der Waals surface area (Å²) in [6.07, 6.45) is 0.513. The molecule has 23 heavy (non-hydrogen) atoms. The predicted octanol–water partition coefficient (Wildman–Crippen LogP) is 2.32. The second-order valence-corrected chi connectivity index (χ2v) is 6.35. The van der Waals surface area contributed by atoms with Crippen LogP contribution in [0.25, 0.3) is 21.8 Å². The molecule has 0 aliphatic heterocycles. The minimum Gasteiger partial charge on any atom is -0.478 e. The average molecular weight is 331 g/mol. The number of carboxylic acid groups (broad SMARTS) is 1. The van der Waals surface area contributed by atoms with Crippen molar-refractivity contribution in [2.24, 2.45) is 5.73 Å². The van der Waals surface area contributed by atoms with Crippen molar-refractivity contribution in [3.63, 3.8) is 0 Å². The number of rotatable bonds is 5. The zero-order chi connectivity index (χ0) is 16.6. The van der Waals surface area contributed by atoms with Crippen LogP contribution >= 0.6 is 11.8 Å². The van der Waals surface area contributed by atoms with E-state index in [1.165, 1.54) is 0 Å². The van der Waals surface area contributed by atoms with Gasteiger partial charge in [0, 0.05) is 39.2 Å². The number of aromatic nitrogens is 2. The third kappa shape index (κ3) is 2.62. The van der Waals surface area contributed by atoms with Gasteiger partial charge in [-0.05, 0) is 24.6 Å². The number of aryl methyl sites for hydroxylation is 1. The maximum absolute atomic E-state index is 12.3. The van der Waals surface area contributed by atoms with Crippen LogP contribution in [0, 0.1) is 0 Å². The number of carboxylic acids is 1. The first-order valence-electron chi connectivity index (χ1n) is 7.33. The highest BCUT2D eigenvalue weighted by Crippen LogP contribution is 2.30. The number of nitrogens with two attached hydrogens (primary N) is 1. The van der Waals surface area contributed by atoms with Gasteiger partial charge in [0.25, 0.3) is 5.56 Å². The van der Waals surface area contributed by atoms with Crippen LogP contribution in [-0.2, 0) is 6.42 Å². The van der Waals surface area contributed by atoms with Crippen molar-refractivity contribution in [3.8, 4) is 0 Å². The normalized spacial score (nSPS) is 11.4. The zero-order valence-electron chi connectivity index (χ0n) is 12.6. The van der Waals surface area contributed by atoms with Crippen LogP contribution in [0.5, 0.6) is 0 Å². The molecule has 0 fully saturated rings. The molecule has 0 atom stereocenters. The molecule has 0 amide bonds. The zero-order valence-corrected chi connectivity index (χ0v) is 13.4. The number of hydrogen-bond acceptors (Lipinski definition) is 4. The van der Waals surface area contributed by atoms with Crippen molar-refractivity contribution >= 4 is 39.5 Å². The quantitative estimate of drug-likeness (QED) is 0.536. The Morgan fingerprint density at radius 3 is 2.78 bits per heavy atom. The Bertz CT molecular complexity index is 958. The molecule has 120 valence electrons. The van der Waals surface area contributed by atoms with E-state index in [0.29, 0.717) is 35.1 Å². The third-order valence-corrected chi connectivity index (χ3v) is 4.79. The molecule has 2 aromatic heterocycles.